The smallest absolute Gasteiger partial charge is 0.128 e. The fraction of sp³-hybridized carbons (Fsp3) is 0.300. The van der Waals surface area contributed by atoms with Crippen LogP contribution in [0, 0.1) is 0 Å². The standard InChI is InChI=1S/C10H11NO3/c1-13-7-2-3-10-8(6-7)9(11-12)4-5-14-10/h2-3,6,12H,4-5H2,1H3/b11-9+. The van der Waals surface area contributed by atoms with E-state index < -0.39 is 0 Å². The Bertz CT molecular complexity index is 374. The quantitative estimate of drug-likeness (QED) is 0.545. The lowest BCUT2D eigenvalue weighted by Gasteiger charge is -2.18. The van der Waals surface area contributed by atoms with Gasteiger partial charge in [-0.2, -0.15) is 0 Å². The van der Waals surface area contributed by atoms with E-state index in [1.165, 1.54) is 0 Å². The normalized spacial score (nSPS) is 17.4. The zero-order valence-corrected chi connectivity index (χ0v) is 7.86. The Kier molecular flexibility index (Phi) is 2.26. The number of oxime groups is 1. The third-order valence-corrected chi connectivity index (χ3v) is 2.21. The van der Waals surface area contributed by atoms with Gasteiger partial charge < -0.3 is 14.7 Å². The Morgan fingerprint density at radius 2 is 2.36 bits per heavy atom. The van der Waals surface area contributed by atoms with Gasteiger partial charge in [0, 0.05) is 12.0 Å². The average Bonchev–Trinajstić information content (AvgIpc) is 2.27. The molecule has 1 aliphatic rings. The van der Waals surface area contributed by atoms with Gasteiger partial charge in [-0.3, -0.25) is 0 Å². The van der Waals surface area contributed by atoms with Gasteiger partial charge >= 0.3 is 0 Å². The van der Waals surface area contributed by atoms with Crippen molar-refractivity contribution in [3.8, 4) is 11.5 Å². The molecular weight excluding hydrogens is 182 g/mol. The lowest BCUT2D eigenvalue weighted by Crippen LogP contribution is -2.16. The zero-order chi connectivity index (χ0) is 9.97. The Morgan fingerprint density at radius 3 is 3.07 bits per heavy atom. The van der Waals surface area contributed by atoms with E-state index in [-0.39, 0.29) is 0 Å². The molecule has 0 saturated heterocycles. The van der Waals surface area contributed by atoms with Crippen molar-refractivity contribution >= 4 is 5.71 Å². The minimum Gasteiger partial charge on any atom is -0.497 e. The van der Waals surface area contributed by atoms with E-state index in [2.05, 4.69) is 5.16 Å². The number of nitrogens with zero attached hydrogens (tertiary/aromatic N) is 1. The first-order chi connectivity index (χ1) is 6.85. The SMILES string of the molecule is COc1ccc2c(c1)/C(=N/O)CCO2. The van der Waals surface area contributed by atoms with Crippen molar-refractivity contribution < 1.29 is 14.7 Å². The molecule has 0 saturated carbocycles. The summed E-state index contributed by atoms with van der Waals surface area (Å²) in [6, 6.07) is 5.45. The Balaban J connectivity index is 2.49. The van der Waals surface area contributed by atoms with Crippen LogP contribution in [0.15, 0.2) is 23.4 Å². The van der Waals surface area contributed by atoms with Gasteiger partial charge in [-0.15, -0.1) is 0 Å². The Morgan fingerprint density at radius 1 is 1.50 bits per heavy atom. The fourth-order valence-electron chi connectivity index (χ4n) is 1.48. The topological polar surface area (TPSA) is 51.0 Å². The maximum Gasteiger partial charge on any atom is 0.128 e. The highest BCUT2D eigenvalue weighted by Crippen LogP contribution is 2.28. The van der Waals surface area contributed by atoms with E-state index >= 15 is 0 Å². The molecule has 4 nitrogen and oxygen atoms in total. The highest BCUT2D eigenvalue weighted by molar-refractivity contribution is 6.03. The molecule has 0 unspecified atom stereocenters. The molecular formula is C10H11NO3. The Labute approximate surface area is 81.8 Å². The van der Waals surface area contributed by atoms with Crippen LogP contribution in [0.1, 0.15) is 12.0 Å². The number of benzene rings is 1. The van der Waals surface area contributed by atoms with Gasteiger partial charge in [0.1, 0.15) is 11.5 Å². The maximum atomic E-state index is 8.79. The summed E-state index contributed by atoms with van der Waals surface area (Å²) in [6.07, 6.45) is 0.622. The summed E-state index contributed by atoms with van der Waals surface area (Å²) in [6.45, 7) is 0.554. The second-order valence-electron chi connectivity index (χ2n) is 3.01. The van der Waals surface area contributed by atoms with Crippen LogP contribution in [-0.4, -0.2) is 24.6 Å². The molecule has 0 atom stereocenters. The third-order valence-electron chi connectivity index (χ3n) is 2.21. The van der Waals surface area contributed by atoms with Crippen LogP contribution in [0.2, 0.25) is 0 Å². The van der Waals surface area contributed by atoms with Crippen molar-refractivity contribution in [2.75, 3.05) is 13.7 Å². The van der Waals surface area contributed by atoms with Gasteiger partial charge in [0.25, 0.3) is 0 Å². The van der Waals surface area contributed by atoms with Crippen LogP contribution < -0.4 is 9.47 Å². The van der Waals surface area contributed by atoms with Crippen molar-refractivity contribution in [1.29, 1.82) is 0 Å². The summed E-state index contributed by atoms with van der Waals surface area (Å²) < 4.78 is 10.5. The number of hydrogen-bond acceptors (Lipinski definition) is 4. The lowest BCUT2D eigenvalue weighted by molar-refractivity contribution is 0.297. The summed E-state index contributed by atoms with van der Waals surface area (Å²) in [5.74, 6) is 1.47. The van der Waals surface area contributed by atoms with Crippen LogP contribution >= 0.6 is 0 Å². The number of methoxy groups -OCH3 is 1. The second kappa shape index (κ2) is 3.57. The minimum absolute atomic E-state index is 0.554. The molecule has 0 radical (unpaired) electrons. The lowest BCUT2D eigenvalue weighted by atomic mass is 10.0. The molecule has 1 aromatic carbocycles. The predicted molar refractivity (Wildman–Crippen MR) is 51.4 cm³/mol. The van der Waals surface area contributed by atoms with E-state index in [4.69, 9.17) is 14.7 Å². The molecule has 0 fully saturated rings. The summed E-state index contributed by atoms with van der Waals surface area (Å²) >= 11 is 0. The molecule has 0 bridgehead atoms. The van der Waals surface area contributed by atoms with Crippen LogP contribution in [0.3, 0.4) is 0 Å². The summed E-state index contributed by atoms with van der Waals surface area (Å²) in [7, 11) is 1.60. The minimum atomic E-state index is 0.554. The molecule has 74 valence electrons. The fourth-order valence-corrected chi connectivity index (χ4v) is 1.48. The van der Waals surface area contributed by atoms with Crippen molar-refractivity contribution in [3.05, 3.63) is 23.8 Å². The van der Waals surface area contributed by atoms with Gasteiger partial charge in [-0.1, -0.05) is 5.16 Å². The Hall–Kier alpha value is -1.71. The van der Waals surface area contributed by atoms with Gasteiger partial charge in [0.2, 0.25) is 0 Å². The molecule has 4 heteroatoms. The molecule has 0 aliphatic carbocycles. The van der Waals surface area contributed by atoms with Crippen molar-refractivity contribution in [3.63, 3.8) is 0 Å². The number of fused-ring (bicyclic) bond motifs is 1. The van der Waals surface area contributed by atoms with Gasteiger partial charge in [0.05, 0.1) is 19.4 Å². The highest BCUT2D eigenvalue weighted by atomic mass is 16.5. The molecule has 14 heavy (non-hydrogen) atoms. The molecule has 1 aromatic rings. The van der Waals surface area contributed by atoms with E-state index in [0.717, 1.165) is 17.1 Å². The van der Waals surface area contributed by atoms with Crippen molar-refractivity contribution in [2.45, 2.75) is 6.42 Å². The monoisotopic (exact) mass is 193 g/mol. The molecule has 0 amide bonds. The average molecular weight is 193 g/mol. The van der Waals surface area contributed by atoms with E-state index in [0.29, 0.717) is 18.7 Å². The third kappa shape index (κ3) is 1.39. The number of hydrogen-bond donors (Lipinski definition) is 1. The molecule has 1 N–H and O–H groups in total. The second-order valence-corrected chi connectivity index (χ2v) is 3.01. The molecule has 1 aliphatic heterocycles. The molecule has 0 aromatic heterocycles. The van der Waals surface area contributed by atoms with Gasteiger partial charge in [-0.05, 0) is 18.2 Å². The maximum absolute atomic E-state index is 8.79. The van der Waals surface area contributed by atoms with E-state index in [1.54, 1.807) is 7.11 Å². The first kappa shape index (κ1) is 8.87. The van der Waals surface area contributed by atoms with E-state index in [1.807, 2.05) is 18.2 Å². The van der Waals surface area contributed by atoms with Crippen LogP contribution in [0.25, 0.3) is 0 Å². The van der Waals surface area contributed by atoms with Crippen LogP contribution in [0.5, 0.6) is 11.5 Å². The predicted octanol–water partition coefficient (Wildman–Crippen LogP) is 1.66. The highest BCUT2D eigenvalue weighted by Gasteiger charge is 2.17. The molecule has 0 spiro atoms. The summed E-state index contributed by atoms with van der Waals surface area (Å²) in [4.78, 5) is 0. The number of rotatable bonds is 1. The summed E-state index contributed by atoms with van der Waals surface area (Å²) in [5.41, 5.74) is 1.45. The molecule has 2 rings (SSSR count). The van der Waals surface area contributed by atoms with Crippen molar-refractivity contribution in [2.24, 2.45) is 5.16 Å². The molecule has 1 heterocycles. The first-order valence-electron chi connectivity index (χ1n) is 4.37. The first-order valence-corrected chi connectivity index (χ1v) is 4.37. The van der Waals surface area contributed by atoms with E-state index in [9.17, 15) is 0 Å². The van der Waals surface area contributed by atoms with Gasteiger partial charge in [-0.25, -0.2) is 0 Å². The van der Waals surface area contributed by atoms with Gasteiger partial charge in [0.15, 0.2) is 0 Å². The number of ether oxygens (including phenoxy) is 2. The van der Waals surface area contributed by atoms with Crippen molar-refractivity contribution in [1.82, 2.24) is 0 Å². The van der Waals surface area contributed by atoms with Crippen LogP contribution in [-0.2, 0) is 0 Å². The largest absolute Gasteiger partial charge is 0.497 e. The van der Waals surface area contributed by atoms with Crippen LogP contribution in [0.4, 0.5) is 0 Å². The summed E-state index contributed by atoms with van der Waals surface area (Å²) in [5, 5.41) is 12.0. The zero-order valence-electron chi connectivity index (χ0n) is 7.86.